The van der Waals surface area contributed by atoms with E-state index in [2.05, 4.69) is 20.7 Å². The smallest absolute Gasteiger partial charge is 0.379 e. The number of nitrogens with zero attached hydrogens (tertiary/aromatic N) is 2. The van der Waals surface area contributed by atoms with Crippen LogP contribution in [0.15, 0.2) is 29.4 Å². The van der Waals surface area contributed by atoms with Crippen LogP contribution in [-0.4, -0.2) is 55.6 Å². The van der Waals surface area contributed by atoms with Gasteiger partial charge in [0.1, 0.15) is 0 Å². The third-order valence-corrected chi connectivity index (χ3v) is 3.69. The van der Waals surface area contributed by atoms with E-state index in [1.165, 1.54) is 18.2 Å². The minimum absolute atomic E-state index is 0.0198. The standard InChI is InChI=1S/C15H19F3N4OS/c16-15(17,18)13-4-2-1-3-12(13)11-20-21-14(24)19-5-6-22-7-9-23-10-8-22/h1-4,11H,5-10H2,(H2,19,21,24)/b20-11+. The maximum absolute atomic E-state index is 12.8. The third kappa shape index (κ3) is 6.06. The fourth-order valence-electron chi connectivity index (χ4n) is 2.22. The minimum atomic E-state index is -4.42. The Morgan fingerprint density at radius 2 is 2.00 bits per heavy atom. The molecule has 0 bridgehead atoms. The van der Waals surface area contributed by atoms with Crippen LogP contribution in [0.5, 0.6) is 0 Å². The van der Waals surface area contributed by atoms with Gasteiger partial charge >= 0.3 is 6.18 Å². The summed E-state index contributed by atoms with van der Waals surface area (Å²) in [6.45, 7) is 4.66. The average molecular weight is 360 g/mol. The fraction of sp³-hybridized carbons (Fsp3) is 0.467. The average Bonchev–Trinajstić information content (AvgIpc) is 2.55. The molecule has 0 unspecified atom stereocenters. The number of hydrazone groups is 1. The number of morpholine rings is 1. The summed E-state index contributed by atoms with van der Waals surface area (Å²) >= 11 is 5.04. The highest BCUT2D eigenvalue weighted by Crippen LogP contribution is 2.30. The van der Waals surface area contributed by atoms with Crippen molar-refractivity contribution < 1.29 is 17.9 Å². The summed E-state index contributed by atoms with van der Waals surface area (Å²) < 4.78 is 43.8. The summed E-state index contributed by atoms with van der Waals surface area (Å²) in [7, 11) is 0. The molecule has 24 heavy (non-hydrogen) atoms. The summed E-state index contributed by atoms with van der Waals surface area (Å²) in [6, 6.07) is 5.23. The minimum Gasteiger partial charge on any atom is -0.379 e. The Labute approximate surface area is 143 Å². The molecule has 0 spiro atoms. The van der Waals surface area contributed by atoms with Crippen molar-refractivity contribution in [1.29, 1.82) is 0 Å². The molecule has 5 nitrogen and oxygen atoms in total. The lowest BCUT2D eigenvalue weighted by atomic mass is 10.1. The molecule has 1 aliphatic heterocycles. The number of hydrogen-bond acceptors (Lipinski definition) is 4. The quantitative estimate of drug-likeness (QED) is 0.477. The van der Waals surface area contributed by atoms with Crippen LogP contribution in [0, 0.1) is 0 Å². The Bertz CT molecular complexity index is 574. The molecule has 0 aromatic heterocycles. The van der Waals surface area contributed by atoms with Gasteiger partial charge in [0.05, 0.1) is 25.0 Å². The number of hydrogen-bond donors (Lipinski definition) is 2. The maximum Gasteiger partial charge on any atom is 0.417 e. The normalized spacial score (nSPS) is 16.3. The number of halogens is 3. The molecular weight excluding hydrogens is 341 g/mol. The molecular formula is C15H19F3N4OS. The van der Waals surface area contributed by atoms with Crippen molar-refractivity contribution in [2.75, 3.05) is 39.4 Å². The lowest BCUT2D eigenvalue weighted by molar-refractivity contribution is -0.137. The first-order valence-electron chi connectivity index (χ1n) is 7.50. The lowest BCUT2D eigenvalue weighted by Crippen LogP contribution is -2.42. The fourth-order valence-corrected chi connectivity index (χ4v) is 2.37. The van der Waals surface area contributed by atoms with Gasteiger partial charge in [0.15, 0.2) is 5.11 Å². The summed E-state index contributed by atoms with van der Waals surface area (Å²) in [5, 5.41) is 7.00. The van der Waals surface area contributed by atoms with Gasteiger partial charge in [-0.3, -0.25) is 10.3 Å². The van der Waals surface area contributed by atoms with E-state index in [-0.39, 0.29) is 10.7 Å². The molecule has 9 heteroatoms. The monoisotopic (exact) mass is 360 g/mol. The van der Waals surface area contributed by atoms with Crippen LogP contribution in [0.4, 0.5) is 13.2 Å². The number of rotatable bonds is 5. The molecule has 1 aromatic rings. The van der Waals surface area contributed by atoms with Crippen LogP contribution < -0.4 is 10.7 Å². The van der Waals surface area contributed by atoms with Crippen LogP contribution in [0.3, 0.4) is 0 Å². The Hall–Kier alpha value is -1.71. The molecule has 2 N–H and O–H groups in total. The molecule has 1 fully saturated rings. The first-order chi connectivity index (χ1) is 11.5. The van der Waals surface area contributed by atoms with Crippen LogP contribution in [0.25, 0.3) is 0 Å². The second kappa shape index (κ2) is 8.95. The van der Waals surface area contributed by atoms with Crippen molar-refractivity contribution in [3.63, 3.8) is 0 Å². The van der Waals surface area contributed by atoms with Crippen molar-refractivity contribution in [2.24, 2.45) is 5.10 Å². The molecule has 0 aliphatic carbocycles. The lowest BCUT2D eigenvalue weighted by Gasteiger charge is -2.26. The van der Waals surface area contributed by atoms with Crippen LogP contribution in [0.2, 0.25) is 0 Å². The Morgan fingerprint density at radius 1 is 1.29 bits per heavy atom. The molecule has 1 heterocycles. The molecule has 132 valence electrons. The summed E-state index contributed by atoms with van der Waals surface area (Å²) in [5.74, 6) is 0. The van der Waals surface area contributed by atoms with Crippen LogP contribution >= 0.6 is 12.2 Å². The predicted octanol–water partition coefficient (Wildman–Crippen LogP) is 1.84. The molecule has 1 aromatic carbocycles. The van der Waals surface area contributed by atoms with E-state index >= 15 is 0 Å². The van der Waals surface area contributed by atoms with Gasteiger partial charge in [-0.15, -0.1) is 0 Å². The van der Waals surface area contributed by atoms with Gasteiger partial charge in [-0.1, -0.05) is 18.2 Å². The SMILES string of the molecule is FC(F)(F)c1ccccc1/C=N/NC(=S)NCCN1CCOCC1. The van der Waals surface area contributed by atoms with Gasteiger partial charge in [-0.25, -0.2) is 0 Å². The second-order valence-corrected chi connectivity index (χ2v) is 5.57. The molecule has 0 radical (unpaired) electrons. The highest BCUT2D eigenvalue weighted by molar-refractivity contribution is 7.80. The Morgan fingerprint density at radius 3 is 2.71 bits per heavy atom. The Kier molecular flexibility index (Phi) is 6.95. The topological polar surface area (TPSA) is 48.9 Å². The van der Waals surface area contributed by atoms with Crippen molar-refractivity contribution in [2.45, 2.75) is 6.18 Å². The third-order valence-electron chi connectivity index (χ3n) is 3.45. The number of alkyl halides is 3. The van der Waals surface area contributed by atoms with Crippen molar-refractivity contribution >= 4 is 23.5 Å². The number of benzene rings is 1. The number of thiocarbonyl (C=S) groups is 1. The van der Waals surface area contributed by atoms with Crippen molar-refractivity contribution in [1.82, 2.24) is 15.6 Å². The van der Waals surface area contributed by atoms with Crippen LogP contribution in [0.1, 0.15) is 11.1 Å². The molecule has 0 saturated carbocycles. The number of nitrogens with one attached hydrogen (secondary N) is 2. The second-order valence-electron chi connectivity index (χ2n) is 5.16. The van der Waals surface area contributed by atoms with Crippen molar-refractivity contribution in [3.05, 3.63) is 35.4 Å². The molecule has 1 saturated heterocycles. The predicted molar refractivity (Wildman–Crippen MR) is 90.0 cm³/mol. The van der Waals surface area contributed by atoms with Gasteiger partial charge < -0.3 is 10.1 Å². The van der Waals surface area contributed by atoms with Gasteiger partial charge in [0.25, 0.3) is 0 Å². The highest BCUT2D eigenvalue weighted by Gasteiger charge is 2.32. The van der Waals surface area contributed by atoms with E-state index < -0.39 is 11.7 Å². The first kappa shape index (κ1) is 18.6. The molecule has 2 rings (SSSR count). The van der Waals surface area contributed by atoms with Gasteiger partial charge in [-0.05, 0) is 18.3 Å². The van der Waals surface area contributed by atoms with Gasteiger partial charge in [-0.2, -0.15) is 18.3 Å². The van der Waals surface area contributed by atoms with Gasteiger partial charge in [0.2, 0.25) is 0 Å². The first-order valence-corrected chi connectivity index (χ1v) is 7.91. The largest absolute Gasteiger partial charge is 0.417 e. The zero-order chi connectivity index (χ0) is 17.4. The maximum atomic E-state index is 12.8. The van der Waals surface area contributed by atoms with Gasteiger partial charge in [0, 0.05) is 31.7 Å². The molecule has 1 aliphatic rings. The highest BCUT2D eigenvalue weighted by atomic mass is 32.1. The number of ether oxygens (including phenoxy) is 1. The van der Waals surface area contributed by atoms with E-state index in [1.807, 2.05) is 0 Å². The van der Waals surface area contributed by atoms with E-state index in [1.54, 1.807) is 0 Å². The summed E-state index contributed by atoms with van der Waals surface area (Å²) in [4.78, 5) is 2.24. The Balaban J connectivity index is 1.76. The van der Waals surface area contributed by atoms with Crippen molar-refractivity contribution in [3.8, 4) is 0 Å². The zero-order valence-corrected chi connectivity index (χ0v) is 13.8. The molecule has 0 amide bonds. The summed E-state index contributed by atoms with van der Waals surface area (Å²) in [6.07, 6.45) is -3.31. The zero-order valence-electron chi connectivity index (χ0n) is 13.0. The van der Waals surface area contributed by atoms with E-state index in [0.29, 0.717) is 6.54 Å². The molecule has 0 atom stereocenters. The van der Waals surface area contributed by atoms with E-state index in [9.17, 15) is 13.2 Å². The van der Waals surface area contributed by atoms with E-state index in [0.717, 1.165) is 45.1 Å². The summed E-state index contributed by atoms with van der Waals surface area (Å²) in [5.41, 5.74) is 1.77. The van der Waals surface area contributed by atoms with Crippen LogP contribution in [-0.2, 0) is 10.9 Å². The van der Waals surface area contributed by atoms with E-state index in [4.69, 9.17) is 17.0 Å².